The summed E-state index contributed by atoms with van der Waals surface area (Å²) < 4.78 is 45.1. The fraction of sp³-hybridized carbons (Fsp3) is 0.300. The maximum atomic E-state index is 10.9. The number of carboxylic acids is 3. The van der Waals surface area contributed by atoms with Gasteiger partial charge in [0.1, 0.15) is 16.7 Å². The molecule has 3 aromatic rings. The molecule has 0 bridgehead atoms. The predicted octanol–water partition coefficient (Wildman–Crippen LogP) is 4.23. The molecule has 3 aromatic carbocycles. The number of carbonyl (C=O) groups is 3. The number of aromatic carboxylic acids is 3. The largest absolute Gasteiger partial charge is 0.493 e. The van der Waals surface area contributed by atoms with Crippen molar-refractivity contribution in [1.29, 1.82) is 0 Å². The van der Waals surface area contributed by atoms with Gasteiger partial charge >= 0.3 is 17.9 Å². The first-order chi connectivity index (χ1) is 21.5. The van der Waals surface area contributed by atoms with Crippen LogP contribution >= 0.6 is 0 Å². The molecule has 0 saturated carbocycles. The second kappa shape index (κ2) is 20.6. The van der Waals surface area contributed by atoms with Crippen LogP contribution in [0.2, 0.25) is 0 Å². The van der Waals surface area contributed by atoms with E-state index in [1.807, 2.05) is 0 Å². The van der Waals surface area contributed by atoms with E-state index in [-0.39, 0.29) is 92.0 Å². The number of methoxy groups -OCH3 is 9. The predicted molar refractivity (Wildman–Crippen MR) is 159 cm³/mol. The SMILES string of the molecule is COc1ccc(C(=O)O)c(OC)c1OC.COc1ccc(C(=O)O)c(OC)c1OC.COc1ccc(C(=O)O)c(OC)c1OC.[Nd]. The van der Waals surface area contributed by atoms with E-state index in [9.17, 15) is 14.4 Å². The third kappa shape index (κ3) is 10.1. The molecule has 0 aromatic heterocycles. The summed E-state index contributed by atoms with van der Waals surface area (Å²) in [7, 11) is 12.8. The van der Waals surface area contributed by atoms with Crippen LogP contribution < -0.4 is 42.6 Å². The van der Waals surface area contributed by atoms with E-state index < -0.39 is 17.9 Å². The fourth-order valence-corrected chi connectivity index (χ4v) is 3.81. The van der Waals surface area contributed by atoms with E-state index in [1.165, 1.54) is 100 Å². The maximum absolute atomic E-state index is 10.9. The summed E-state index contributed by atoms with van der Waals surface area (Å²) in [6.45, 7) is 0. The molecule has 3 N–H and O–H groups in total. The second-order valence-corrected chi connectivity index (χ2v) is 8.06. The monoisotopic (exact) mass is 778 g/mol. The Bertz CT molecular complexity index is 1300. The van der Waals surface area contributed by atoms with Crippen molar-refractivity contribution in [3.8, 4) is 51.7 Å². The molecule has 0 atom stereocenters. The van der Waals surface area contributed by atoms with E-state index in [4.69, 9.17) is 58.0 Å². The van der Waals surface area contributed by atoms with Crippen LogP contribution in [0.15, 0.2) is 36.4 Å². The number of ether oxygens (including phenoxy) is 9. The number of carboxylic acid groups (broad SMARTS) is 3. The molecule has 250 valence electrons. The number of rotatable bonds is 12. The molecule has 16 heteroatoms. The molecule has 0 aliphatic rings. The zero-order chi connectivity index (χ0) is 34.3. The number of hydrogen-bond donors (Lipinski definition) is 3. The van der Waals surface area contributed by atoms with Crippen molar-refractivity contribution in [2.75, 3.05) is 64.0 Å². The van der Waals surface area contributed by atoms with Crippen LogP contribution in [0.5, 0.6) is 51.7 Å². The summed E-state index contributed by atoms with van der Waals surface area (Å²) in [6.07, 6.45) is 0. The average Bonchev–Trinajstić information content (AvgIpc) is 3.05. The van der Waals surface area contributed by atoms with Gasteiger partial charge in [0.25, 0.3) is 0 Å². The Kier molecular flexibility index (Phi) is 18.6. The molecule has 0 aliphatic heterocycles. The molecule has 0 aliphatic carbocycles. The summed E-state index contributed by atoms with van der Waals surface area (Å²) in [5.74, 6) is -0.635. The van der Waals surface area contributed by atoms with Gasteiger partial charge in [-0.3, -0.25) is 0 Å². The molecular formula is C30H36NdO15. The molecule has 0 unspecified atom stereocenters. The van der Waals surface area contributed by atoms with Crippen LogP contribution in [-0.2, 0) is 0 Å². The van der Waals surface area contributed by atoms with Crippen molar-refractivity contribution < 1.29 is 113 Å². The van der Waals surface area contributed by atoms with Crippen LogP contribution in [0.4, 0.5) is 0 Å². The van der Waals surface area contributed by atoms with Gasteiger partial charge < -0.3 is 58.0 Å². The first-order valence-corrected chi connectivity index (χ1v) is 12.5. The summed E-state index contributed by atoms with van der Waals surface area (Å²) >= 11 is 0. The molecule has 0 heterocycles. The van der Waals surface area contributed by atoms with Crippen molar-refractivity contribution in [3.63, 3.8) is 0 Å². The Morgan fingerprint density at radius 1 is 0.370 bits per heavy atom. The van der Waals surface area contributed by atoms with Gasteiger partial charge in [0.15, 0.2) is 34.5 Å². The molecule has 0 spiro atoms. The van der Waals surface area contributed by atoms with Gasteiger partial charge in [-0.2, -0.15) is 0 Å². The molecule has 0 fully saturated rings. The molecule has 0 radical (unpaired) electrons. The van der Waals surface area contributed by atoms with Crippen LogP contribution in [0, 0.1) is 40.8 Å². The van der Waals surface area contributed by atoms with Gasteiger partial charge in [-0.15, -0.1) is 0 Å². The van der Waals surface area contributed by atoms with Crippen LogP contribution in [0.1, 0.15) is 31.1 Å². The van der Waals surface area contributed by atoms with Crippen LogP contribution in [0.25, 0.3) is 0 Å². The first kappa shape index (κ1) is 41.6. The summed E-state index contributed by atoms with van der Waals surface area (Å²) in [5, 5.41) is 26.7. The third-order valence-corrected chi connectivity index (χ3v) is 5.80. The normalized spacial score (nSPS) is 9.33. The van der Waals surface area contributed by atoms with Gasteiger partial charge in [-0.05, 0) is 36.4 Å². The maximum Gasteiger partial charge on any atom is 0.339 e. The van der Waals surface area contributed by atoms with Crippen LogP contribution in [-0.4, -0.2) is 97.2 Å². The fourth-order valence-electron chi connectivity index (χ4n) is 3.81. The topological polar surface area (TPSA) is 195 Å². The zero-order valence-electron chi connectivity index (χ0n) is 26.7. The number of benzene rings is 3. The van der Waals surface area contributed by atoms with Gasteiger partial charge in [0.2, 0.25) is 17.2 Å². The average molecular weight is 781 g/mol. The minimum absolute atomic E-state index is 0. The van der Waals surface area contributed by atoms with Crippen molar-refractivity contribution in [3.05, 3.63) is 53.1 Å². The van der Waals surface area contributed by atoms with Gasteiger partial charge in [-0.25, -0.2) is 14.4 Å². The van der Waals surface area contributed by atoms with E-state index >= 15 is 0 Å². The molecule has 0 saturated heterocycles. The Morgan fingerprint density at radius 3 is 0.696 bits per heavy atom. The Labute approximate surface area is 298 Å². The Balaban J connectivity index is 0.000000653. The van der Waals surface area contributed by atoms with Crippen molar-refractivity contribution in [2.45, 2.75) is 0 Å². The summed E-state index contributed by atoms with van der Waals surface area (Å²) in [5.41, 5.74) is 0.112. The standard InChI is InChI=1S/3C10H12O5.Nd/c3*1-13-7-5-4-6(10(11)12)8(14-2)9(7)15-3;/h3*4-5H,1-3H3,(H,11,12);. The molecule has 46 heavy (non-hydrogen) atoms. The summed E-state index contributed by atoms with van der Waals surface area (Å²) in [6, 6.07) is 8.77. The van der Waals surface area contributed by atoms with E-state index in [0.717, 1.165) is 0 Å². The van der Waals surface area contributed by atoms with E-state index in [0.29, 0.717) is 17.2 Å². The van der Waals surface area contributed by atoms with E-state index in [1.54, 1.807) is 0 Å². The molecule has 0 amide bonds. The third-order valence-electron chi connectivity index (χ3n) is 5.80. The molecule has 15 nitrogen and oxygen atoms in total. The van der Waals surface area contributed by atoms with Crippen molar-refractivity contribution in [2.24, 2.45) is 0 Å². The van der Waals surface area contributed by atoms with Gasteiger partial charge in [0.05, 0.1) is 64.0 Å². The molecular weight excluding hydrogens is 745 g/mol. The smallest absolute Gasteiger partial charge is 0.339 e. The van der Waals surface area contributed by atoms with Crippen molar-refractivity contribution in [1.82, 2.24) is 0 Å². The minimum atomic E-state index is -1.08. The van der Waals surface area contributed by atoms with E-state index in [2.05, 4.69) is 0 Å². The first-order valence-electron chi connectivity index (χ1n) is 12.5. The second-order valence-electron chi connectivity index (χ2n) is 8.06. The Morgan fingerprint density at radius 2 is 0.565 bits per heavy atom. The number of hydrogen-bond acceptors (Lipinski definition) is 12. The zero-order valence-corrected chi connectivity index (χ0v) is 29.9. The minimum Gasteiger partial charge on any atom is -0.493 e. The molecule has 3 rings (SSSR count). The van der Waals surface area contributed by atoms with Crippen molar-refractivity contribution >= 4 is 17.9 Å². The van der Waals surface area contributed by atoms with Gasteiger partial charge in [-0.1, -0.05) is 0 Å². The quantitative estimate of drug-likeness (QED) is 0.236. The van der Waals surface area contributed by atoms with Gasteiger partial charge in [0, 0.05) is 40.8 Å². The van der Waals surface area contributed by atoms with Crippen LogP contribution in [0.3, 0.4) is 0 Å². The Hall–Kier alpha value is -4.38. The summed E-state index contributed by atoms with van der Waals surface area (Å²) in [4.78, 5) is 32.6.